The van der Waals surface area contributed by atoms with E-state index in [0.717, 1.165) is 77.0 Å². The van der Waals surface area contributed by atoms with E-state index in [9.17, 15) is 14.4 Å². The lowest BCUT2D eigenvalue weighted by Gasteiger charge is -2.18. The van der Waals surface area contributed by atoms with Gasteiger partial charge >= 0.3 is 17.9 Å². The van der Waals surface area contributed by atoms with Gasteiger partial charge in [0.05, 0.1) is 0 Å². The summed E-state index contributed by atoms with van der Waals surface area (Å²) in [5.74, 6) is -0.873. The van der Waals surface area contributed by atoms with Crippen LogP contribution in [0, 0.1) is 0 Å². The van der Waals surface area contributed by atoms with Crippen LogP contribution < -0.4 is 0 Å². The molecule has 0 amide bonds. The Morgan fingerprint density at radius 3 is 0.879 bits per heavy atom. The summed E-state index contributed by atoms with van der Waals surface area (Å²) in [7, 11) is 0. The third-order valence-corrected chi connectivity index (χ3v) is 12.9. The molecule has 0 aromatic rings. The van der Waals surface area contributed by atoms with Crippen molar-refractivity contribution in [3.8, 4) is 0 Å². The number of hydrogen-bond acceptors (Lipinski definition) is 6. The predicted octanol–water partition coefficient (Wildman–Crippen LogP) is 19.3. The van der Waals surface area contributed by atoms with Gasteiger partial charge in [0, 0.05) is 19.3 Å². The molecule has 6 nitrogen and oxygen atoms in total. The Morgan fingerprint density at radius 2 is 0.545 bits per heavy atom. The Labute approximate surface area is 410 Å². The van der Waals surface area contributed by atoms with Gasteiger partial charge in [-0.15, -0.1) is 0 Å². The summed E-state index contributed by atoms with van der Waals surface area (Å²) in [5, 5.41) is 0. The molecule has 0 aliphatic carbocycles. The van der Waals surface area contributed by atoms with Crippen LogP contribution in [0.1, 0.15) is 310 Å². The van der Waals surface area contributed by atoms with E-state index in [4.69, 9.17) is 14.2 Å². The van der Waals surface area contributed by atoms with Crippen LogP contribution in [-0.4, -0.2) is 37.2 Å². The molecule has 0 saturated heterocycles. The molecule has 1 atom stereocenters. The van der Waals surface area contributed by atoms with Gasteiger partial charge < -0.3 is 14.2 Å². The number of ether oxygens (including phenoxy) is 3. The topological polar surface area (TPSA) is 78.9 Å². The number of rotatable bonds is 53. The Kier molecular flexibility index (Phi) is 53.2. The molecule has 0 rings (SSSR count). The van der Waals surface area contributed by atoms with Crippen LogP contribution in [0.3, 0.4) is 0 Å². The molecule has 0 unspecified atom stereocenters. The summed E-state index contributed by atoms with van der Waals surface area (Å²) < 4.78 is 16.9. The van der Waals surface area contributed by atoms with Crippen molar-refractivity contribution >= 4 is 17.9 Å². The molecule has 0 aliphatic rings. The number of allylic oxidation sites excluding steroid dienone is 6. The zero-order valence-electron chi connectivity index (χ0n) is 44.2. The average Bonchev–Trinajstić information content (AvgIpc) is 3.31. The molecule has 6 heteroatoms. The van der Waals surface area contributed by atoms with E-state index in [1.165, 1.54) is 193 Å². The summed E-state index contributed by atoms with van der Waals surface area (Å²) in [6.45, 7) is 6.63. The Bertz CT molecular complexity index is 1110. The van der Waals surface area contributed by atoms with E-state index in [1.807, 2.05) is 0 Å². The zero-order chi connectivity index (χ0) is 47.9. The third-order valence-electron chi connectivity index (χ3n) is 12.9. The van der Waals surface area contributed by atoms with E-state index < -0.39 is 6.10 Å². The molecule has 0 spiro atoms. The SMILES string of the molecule is CCCCC/C=C\C/C=C\CCCCCCCC(=O)OC[C@H](COC(=O)CCCCCCCCCCCCC/C=C\CCCCCCCC)OC(=O)CCCCCCCCCCCCCC. The molecule has 0 aromatic carbocycles. The van der Waals surface area contributed by atoms with E-state index in [1.54, 1.807) is 0 Å². The van der Waals surface area contributed by atoms with Gasteiger partial charge in [-0.05, 0) is 77.0 Å². The van der Waals surface area contributed by atoms with Crippen LogP contribution in [0.5, 0.6) is 0 Å². The Balaban J connectivity index is 4.28. The first-order valence-electron chi connectivity index (χ1n) is 29.0. The lowest BCUT2D eigenvalue weighted by atomic mass is 10.0. The summed E-state index contributed by atoms with van der Waals surface area (Å²) in [6, 6.07) is 0. The quantitative estimate of drug-likeness (QED) is 0.0262. The number of carbonyl (C=O) groups is 3. The van der Waals surface area contributed by atoms with Crippen molar-refractivity contribution in [1.82, 2.24) is 0 Å². The molecule has 66 heavy (non-hydrogen) atoms. The summed E-state index contributed by atoms with van der Waals surface area (Å²) in [4.78, 5) is 38.1. The van der Waals surface area contributed by atoms with Gasteiger partial charge in [-0.1, -0.05) is 250 Å². The van der Waals surface area contributed by atoms with Crippen molar-refractivity contribution < 1.29 is 28.6 Å². The summed E-state index contributed by atoms with van der Waals surface area (Å²) in [6.07, 6.45) is 65.6. The monoisotopic (exact) mass is 927 g/mol. The van der Waals surface area contributed by atoms with Gasteiger partial charge in [-0.25, -0.2) is 0 Å². The fourth-order valence-corrected chi connectivity index (χ4v) is 8.47. The van der Waals surface area contributed by atoms with Crippen molar-refractivity contribution in [3.63, 3.8) is 0 Å². The molecule has 0 aliphatic heterocycles. The lowest BCUT2D eigenvalue weighted by Crippen LogP contribution is -2.30. The van der Waals surface area contributed by atoms with Crippen LogP contribution in [-0.2, 0) is 28.6 Å². The first-order valence-corrected chi connectivity index (χ1v) is 29.0. The standard InChI is InChI=1S/C60H110O6/c1-4-7-10-13-16-19-22-25-27-28-29-30-31-32-34-36-39-41-44-47-50-53-59(62)65-56-57(66-60(63)54-51-48-45-42-37-24-21-18-15-12-9-6-3)55-64-58(61)52-49-46-43-40-38-35-33-26-23-20-17-14-11-8-5-2/h17,20,25-27,33,57H,4-16,18-19,21-24,28-32,34-56H2,1-3H3/b20-17-,27-25-,33-26-/t57-/m1/s1. The highest BCUT2D eigenvalue weighted by Gasteiger charge is 2.19. The van der Waals surface area contributed by atoms with Gasteiger partial charge in [0.25, 0.3) is 0 Å². The van der Waals surface area contributed by atoms with Crippen LogP contribution in [0.25, 0.3) is 0 Å². The fourth-order valence-electron chi connectivity index (χ4n) is 8.47. The van der Waals surface area contributed by atoms with E-state index >= 15 is 0 Å². The highest BCUT2D eigenvalue weighted by atomic mass is 16.6. The predicted molar refractivity (Wildman–Crippen MR) is 284 cm³/mol. The van der Waals surface area contributed by atoms with Crippen LogP contribution in [0.4, 0.5) is 0 Å². The molecule has 0 saturated carbocycles. The molecular formula is C60H110O6. The first kappa shape index (κ1) is 63.6. The maximum Gasteiger partial charge on any atom is 0.306 e. The maximum absolute atomic E-state index is 12.8. The Morgan fingerprint density at radius 1 is 0.303 bits per heavy atom. The molecule has 386 valence electrons. The number of esters is 3. The van der Waals surface area contributed by atoms with Crippen molar-refractivity contribution in [2.24, 2.45) is 0 Å². The van der Waals surface area contributed by atoms with Crippen LogP contribution >= 0.6 is 0 Å². The molecule has 0 bridgehead atoms. The van der Waals surface area contributed by atoms with Gasteiger partial charge in [-0.3, -0.25) is 14.4 Å². The number of carbonyl (C=O) groups excluding carboxylic acids is 3. The molecule has 0 N–H and O–H groups in total. The van der Waals surface area contributed by atoms with Gasteiger partial charge in [0.15, 0.2) is 6.10 Å². The number of hydrogen-bond donors (Lipinski definition) is 0. The zero-order valence-corrected chi connectivity index (χ0v) is 44.2. The largest absolute Gasteiger partial charge is 0.462 e. The molecule has 0 fully saturated rings. The second-order valence-electron chi connectivity index (χ2n) is 19.6. The number of unbranched alkanes of at least 4 members (excludes halogenated alkanes) is 36. The highest BCUT2D eigenvalue weighted by Crippen LogP contribution is 2.16. The molecular weight excluding hydrogens is 817 g/mol. The van der Waals surface area contributed by atoms with Gasteiger partial charge in [0.1, 0.15) is 13.2 Å². The first-order chi connectivity index (χ1) is 32.5. The summed E-state index contributed by atoms with van der Waals surface area (Å²) in [5.41, 5.74) is 0. The van der Waals surface area contributed by atoms with Crippen molar-refractivity contribution in [1.29, 1.82) is 0 Å². The third kappa shape index (κ3) is 52.6. The van der Waals surface area contributed by atoms with Crippen molar-refractivity contribution in [2.45, 2.75) is 316 Å². The minimum atomic E-state index is -0.774. The minimum absolute atomic E-state index is 0.0735. The summed E-state index contributed by atoms with van der Waals surface area (Å²) >= 11 is 0. The fraction of sp³-hybridized carbons (Fsp3) is 0.850. The normalized spacial score (nSPS) is 12.2. The van der Waals surface area contributed by atoms with Crippen molar-refractivity contribution in [3.05, 3.63) is 36.5 Å². The Hall–Kier alpha value is -2.37. The highest BCUT2D eigenvalue weighted by molar-refractivity contribution is 5.71. The van der Waals surface area contributed by atoms with Crippen molar-refractivity contribution in [2.75, 3.05) is 13.2 Å². The molecule has 0 heterocycles. The second-order valence-corrected chi connectivity index (χ2v) is 19.6. The van der Waals surface area contributed by atoms with E-state index in [-0.39, 0.29) is 31.1 Å². The van der Waals surface area contributed by atoms with E-state index in [0.29, 0.717) is 19.3 Å². The van der Waals surface area contributed by atoms with Gasteiger partial charge in [-0.2, -0.15) is 0 Å². The maximum atomic E-state index is 12.8. The molecule has 0 aromatic heterocycles. The minimum Gasteiger partial charge on any atom is -0.462 e. The lowest BCUT2D eigenvalue weighted by molar-refractivity contribution is -0.167. The second kappa shape index (κ2) is 55.2. The van der Waals surface area contributed by atoms with Gasteiger partial charge in [0.2, 0.25) is 0 Å². The smallest absolute Gasteiger partial charge is 0.306 e. The molecule has 0 radical (unpaired) electrons. The van der Waals surface area contributed by atoms with Crippen LogP contribution in [0.2, 0.25) is 0 Å². The average molecular weight is 928 g/mol. The van der Waals surface area contributed by atoms with Crippen LogP contribution in [0.15, 0.2) is 36.5 Å². The van der Waals surface area contributed by atoms with E-state index in [2.05, 4.69) is 57.2 Å².